The van der Waals surface area contributed by atoms with Crippen molar-refractivity contribution in [3.8, 4) is 5.75 Å². The summed E-state index contributed by atoms with van der Waals surface area (Å²) in [6.07, 6.45) is 4.51. The molecular weight excluding hydrogens is 403 g/mol. The number of halogens is 1. The maximum Gasteiger partial charge on any atom is 0.190 e. The minimum Gasteiger partial charge on any atom is -0.492 e. The first kappa shape index (κ1) is 19.9. The van der Waals surface area contributed by atoms with Crippen molar-refractivity contribution >= 4 is 38.9 Å². The first-order valence-electron chi connectivity index (χ1n) is 10.5. The Morgan fingerprint density at radius 2 is 1.69 bits per heavy atom. The molecule has 0 spiro atoms. The Morgan fingerprint density at radius 3 is 2.56 bits per heavy atom. The number of aromatic nitrogens is 2. The quantitative estimate of drug-likeness (QED) is 0.287. The van der Waals surface area contributed by atoms with Gasteiger partial charge in [0, 0.05) is 40.9 Å². The second-order valence-electron chi connectivity index (χ2n) is 7.54. The van der Waals surface area contributed by atoms with E-state index in [1.807, 2.05) is 54.7 Å². The maximum absolute atomic E-state index is 15.2. The van der Waals surface area contributed by atoms with Crippen LogP contribution in [-0.4, -0.2) is 23.6 Å². The van der Waals surface area contributed by atoms with E-state index in [1.54, 1.807) is 12.3 Å². The van der Waals surface area contributed by atoms with E-state index in [0.717, 1.165) is 28.5 Å². The first-order valence-corrected chi connectivity index (χ1v) is 10.5. The fraction of sp³-hybridized carbons (Fsp3) is 0.115. The van der Waals surface area contributed by atoms with Crippen molar-refractivity contribution < 1.29 is 9.13 Å². The van der Waals surface area contributed by atoms with E-state index in [4.69, 9.17) is 4.74 Å². The molecule has 5 rings (SSSR count). The predicted octanol–water partition coefficient (Wildman–Crippen LogP) is 6.26. The number of hydrogen-bond acceptors (Lipinski definition) is 4. The number of aromatic amines is 1. The number of fused-ring (bicyclic) bond motifs is 2. The highest BCUT2D eigenvalue weighted by atomic mass is 19.1. The van der Waals surface area contributed by atoms with E-state index in [-0.39, 0.29) is 5.75 Å². The van der Waals surface area contributed by atoms with E-state index in [9.17, 15) is 0 Å². The summed E-state index contributed by atoms with van der Waals surface area (Å²) in [6.45, 7) is 0.601. The van der Waals surface area contributed by atoms with Gasteiger partial charge in [-0.25, -0.2) is 4.39 Å². The molecule has 0 atom stereocenters. The van der Waals surface area contributed by atoms with Gasteiger partial charge in [0.2, 0.25) is 0 Å². The molecule has 0 aliphatic heterocycles. The van der Waals surface area contributed by atoms with Crippen LogP contribution in [-0.2, 0) is 6.42 Å². The third kappa shape index (κ3) is 3.71. The summed E-state index contributed by atoms with van der Waals surface area (Å²) in [5, 5.41) is 8.65. The molecule has 0 saturated carbocycles. The van der Waals surface area contributed by atoms with Gasteiger partial charge < -0.3 is 20.4 Å². The van der Waals surface area contributed by atoms with Crippen LogP contribution in [0.15, 0.2) is 79.1 Å². The molecule has 0 unspecified atom stereocenters. The summed E-state index contributed by atoms with van der Waals surface area (Å²) in [5.41, 5.74) is 4.98. The van der Waals surface area contributed by atoms with Crippen molar-refractivity contribution in [1.82, 2.24) is 9.97 Å². The SMILES string of the molecule is COc1c(Nc2ccnc3ccccc23)ccc(NCCc2c[nH]c3ccccc23)c1F. The van der Waals surface area contributed by atoms with E-state index < -0.39 is 5.82 Å². The molecule has 0 saturated heterocycles. The molecule has 3 N–H and O–H groups in total. The lowest BCUT2D eigenvalue weighted by Crippen LogP contribution is -2.08. The van der Waals surface area contributed by atoms with Gasteiger partial charge in [-0.2, -0.15) is 0 Å². The Morgan fingerprint density at radius 1 is 0.906 bits per heavy atom. The average Bonchev–Trinajstić information content (AvgIpc) is 3.24. The van der Waals surface area contributed by atoms with E-state index in [2.05, 4.69) is 32.7 Å². The molecule has 160 valence electrons. The summed E-state index contributed by atoms with van der Waals surface area (Å²) in [4.78, 5) is 7.65. The summed E-state index contributed by atoms with van der Waals surface area (Å²) in [6, 6.07) is 21.4. The molecule has 0 radical (unpaired) electrons. The number of nitrogens with zero attached hydrogens (tertiary/aromatic N) is 1. The Balaban J connectivity index is 1.35. The number of nitrogens with one attached hydrogen (secondary N) is 3. The monoisotopic (exact) mass is 426 g/mol. The van der Waals surface area contributed by atoms with Gasteiger partial charge in [-0.05, 0) is 42.3 Å². The van der Waals surface area contributed by atoms with Crippen molar-refractivity contribution in [3.63, 3.8) is 0 Å². The molecule has 0 amide bonds. The lowest BCUT2D eigenvalue weighted by atomic mass is 10.1. The van der Waals surface area contributed by atoms with E-state index in [0.29, 0.717) is 17.9 Å². The number of rotatable bonds is 7. The standard InChI is InChI=1S/C26H23FN4O/c1-32-26-24(31-22-13-15-28-21-9-5-3-7-19(21)22)11-10-23(25(26)27)29-14-12-17-16-30-20-8-4-2-6-18(17)20/h2-11,13,15-16,29-30H,12,14H2,1H3,(H,28,31). The van der Waals surface area contributed by atoms with Gasteiger partial charge in [0.15, 0.2) is 11.6 Å². The number of methoxy groups -OCH3 is 1. The smallest absolute Gasteiger partial charge is 0.190 e. The highest BCUT2D eigenvalue weighted by molar-refractivity contribution is 5.93. The number of pyridine rings is 1. The van der Waals surface area contributed by atoms with Crippen LogP contribution >= 0.6 is 0 Å². The number of para-hydroxylation sites is 2. The molecular formula is C26H23FN4O. The molecule has 2 aromatic heterocycles. The van der Waals surface area contributed by atoms with Crippen LogP contribution in [0.1, 0.15) is 5.56 Å². The molecule has 5 aromatic rings. The van der Waals surface area contributed by atoms with Gasteiger partial charge >= 0.3 is 0 Å². The normalized spacial score (nSPS) is 11.1. The third-order valence-electron chi connectivity index (χ3n) is 5.60. The zero-order valence-electron chi connectivity index (χ0n) is 17.7. The molecule has 0 aliphatic carbocycles. The van der Waals surface area contributed by atoms with Gasteiger partial charge in [-0.3, -0.25) is 4.98 Å². The number of anilines is 3. The number of benzene rings is 3. The van der Waals surface area contributed by atoms with Crippen LogP contribution in [0, 0.1) is 5.82 Å². The Hall–Kier alpha value is -4.06. The van der Waals surface area contributed by atoms with Gasteiger partial charge in [0.25, 0.3) is 0 Å². The van der Waals surface area contributed by atoms with Crippen molar-refractivity contribution in [1.29, 1.82) is 0 Å². The van der Waals surface area contributed by atoms with Crippen LogP contribution in [0.4, 0.5) is 21.5 Å². The maximum atomic E-state index is 15.2. The van der Waals surface area contributed by atoms with Crippen molar-refractivity contribution in [2.75, 3.05) is 24.3 Å². The van der Waals surface area contributed by atoms with Crippen molar-refractivity contribution in [2.24, 2.45) is 0 Å². The molecule has 0 bridgehead atoms. The number of ether oxygens (including phenoxy) is 1. The molecule has 3 aromatic carbocycles. The Kier molecular flexibility index (Phi) is 5.34. The molecule has 2 heterocycles. The minimum atomic E-state index is -0.421. The van der Waals surface area contributed by atoms with Gasteiger partial charge in [-0.1, -0.05) is 36.4 Å². The molecule has 0 fully saturated rings. The topological polar surface area (TPSA) is 62.0 Å². The summed E-state index contributed by atoms with van der Waals surface area (Å²) in [7, 11) is 1.48. The number of hydrogen-bond donors (Lipinski definition) is 3. The fourth-order valence-corrected chi connectivity index (χ4v) is 4.01. The van der Waals surface area contributed by atoms with Gasteiger partial charge in [0.05, 0.1) is 24.0 Å². The van der Waals surface area contributed by atoms with Crippen LogP contribution in [0.5, 0.6) is 5.75 Å². The van der Waals surface area contributed by atoms with Crippen molar-refractivity contribution in [2.45, 2.75) is 6.42 Å². The fourth-order valence-electron chi connectivity index (χ4n) is 4.01. The second kappa shape index (κ2) is 8.59. The molecule has 32 heavy (non-hydrogen) atoms. The van der Waals surface area contributed by atoms with Crippen LogP contribution in [0.2, 0.25) is 0 Å². The van der Waals surface area contributed by atoms with Crippen LogP contribution in [0.3, 0.4) is 0 Å². The zero-order valence-corrected chi connectivity index (χ0v) is 17.7. The first-order chi connectivity index (χ1) is 15.7. The highest BCUT2D eigenvalue weighted by Crippen LogP contribution is 2.36. The second-order valence-corrected chi connectivity index (χ2v) is 7.54. The van der Waals surface area contributed by atoms with Gasteiger partial charge in [-0.15, -0.1) is 0 Å². The molecule has 6 heteroatoms. The largest absolute Gasteiger partial charge is 0.492 e. The summed E-state index contributed by atoms with van der Waals surface area (Å²) in [5.74, 6) is -0.252. The molecule has 5 nitrogen and oxygen atoms in total. The zero-order chi connectivity index (χ0) is 21.9. The van der Waals surface area contributed by atoms with Crippen LogP contribution < -0.4 is 15.4 Å². The van der Waals surface area contributed by atoms with E-state index >= 15 is 4.39 Å². The highest BCUT2D eigenvalue weighted by Gasteiger charge is 2.15. The number of H-pyrrole nitrogens is 1. The Labute approximate surface area is 185 Å². The van der Waals surface area contributed by atoms with Crippen LogP contribution in [0.25, 0.3) is 21.8 Å². The van der Waals surface area contributed by atoms with Crippen molar-refractivity contribution in [3.05, 3.63) is 90.5 Å². The average molecular weight is 426 g/mol. The molecule has 0 aliphatic rings. The lowest BCUT2D eigenvalue weighted by Gasteiger charge is -2.16. The van der Waals surface area contributed by atoms with E-state index in [1.165, 1.54) is 18.1 Å². The third-order valence-corrected chi connectivity index (χ3v) is 5.60. The summed E-state index contributed by atoms with van der Waals surface area (Å²) < 4.78 is 20.6. The Bertz CT molecular complexity index is 1390. The predicted molar refractivity (Wildman–Crippen MR) is 128 cm³/mol. The van der Waals surface area contributed by atoms with Gasteiger partial charge in [0.1, 0.15) is 0 Å². The summed E-state index contributed by atoms with van der Waals surface area (Å²) >= 11 is 0. The minimum absolute atomic E-state index is 0.169. The lowest BCUT2D eigenvalue weighted by molar-refractivity contribution is 0.389.